The maximum atomic E-state index is 14.0. The zero-order valence-electron chi connectivity index (χ0n) is 31.5. The number of unbranched alkanes of at least 4 members (excludes halogenated alkanes) is 4. The topological polar surface area (TPSA) is 127 Å². The van der Waals surface area contributed by atoms with Crippen LogP contribution >= 0.6 is 34.5 Å². The molecule has 0 radical (unpaired) electrons. The molecule has 2 fully saturated rings. The Labute approximate surface area is 348 Å². The Bertz CT molecular complexity index is 2130. The SMILES string of the molecule is O=C1CCC(N2Cc3c(csc3COc3ccc(CCCCCCCN(C(=O)c4ccc(OC(F)F)c(OCC5CC5)c4)c4c(Cl)cncc4Cl)cc3)C2=O)C(=O)N1. The number of anilines is 1. The fourth-order valence-electron chi connectivity index (χ4n) is 7.13. The number of alkyl halides is 2. The number of nitrogens with zero attached hydrogens (tertiary/aromatic N) is 3. The zero-order chi connectivity index (χ0) is 40.8. The summed E-state index contributed by atoms with van der Waals surface area (Å²) >= 11 is 14.5. The predicted octanol–water partition coefficient (Wildman–Crippen LogP) is 9.02. The summed E-state index contributed by atoms with van der Waals surface area (Å²) in [7, 11) is 0. The molecule has 306 valence electrons. The molecule has 0 spiro atoms. The number of hydrogen-bond acceptors (Lipinski definition) is 9. The Morgan fingerprint density at radius 1 is 0.948 bits per heavy atom. The van der Waals surface area contributed by atoms with Crippen LogP contribution in [-0.2, 0) is 29.2 Å². The molecule has 7 rings (SSSR count). The van der Waals surface area contributed by atoms with Crippen LogP contribution in [0.1, 0.15) is 94.5 Å². The molecule has 1 aliphatic carbocycles. The van der Waals surface area contributed by atoms with Gasteiger partial charge in [-0.15, -0.1) is 11.3 Å². The van der Waals surface area contributed by atoms with E-state index in [0.29, 0.717) is 62.1 Å². The minimum absolute atomic E-state index is 0.0775. The summed E-state index contributed by atoms with van der Waals surface area (Å²) in [6.07, 6.45) is 10.7. The van der Waals surface area contributed by atoms with E-state index in [-0.39, 0.29) is 45.3 Å². The highest BCUT2D eigenvalue weighted by molar-refractivity contribution is 7.10. The van der Waals surface area contributed by atoms with Crippen LogP contribution in [0.5, 0.6) is 17.2 Å². The summed E-state index contributed by atoms with van der Waals surface area (Å²) < 4.78 is 42.8. The average Bonchev–Trinajstić information content (AvgIpc) is 3.86. The molecule has 1 saturated carbocycles. The van der Waals surface area contributed by atoms with Gasteiger partial charge in [-0.1, -0.05) is 54.6 Å². The van der Waals surface area contributed by atoms with Gasteiger partial charge in [-0.3, -0.25) is 29.5 Å². The molecule has 1 atom stereocenters. The Morgan fingerprint density at radius 2 is 1.69 bits per heavy atom. The first kappa shape index (κ1) is 41.4. The first-order valence-corrected chi connectivity index (χ1v) is 21.0. The molecule has 1 saturated heterocycles. The number of amides is 4. The second-order valence-electron chi connectivity index (χ2n) is 14.6. The van der Waals surface area contributed by atoms with Crippen molar-refractivity contribution < 1.29 is 42.2 Å². The summed E-state index contributed by atoms with van der Waals surface area (Å²) in [5, 5.41) is 4.57. The minimum atomic E-state index is -3.04. The molecule has 1 N–H and O–H groups in total. The van der Waals surface area contributed by atoms with E-state index in [1.165, 1.54) is 52.4 Å². The van der Waals surface area contributed by atoms with Crippen molar-refractivity contribution in [2.24, 2.45) is 5.92 Å². The van der Waals surface area contributed by atoms with E-state index in [9.17, 15) is 28.0 Å². The molecule has 2 aromatic heterocycles. The van der Waals surface area contributed by atoms with Crippen LogP contribution in [0, 0.1) is 5.92 Å². The monoisotopic (exact) mass is 854 g/mol. The molecular weight excluding hydrogens is 813 g/mol. The Balaban J connectivity index is 0.873. The largest absolute Gasteiger partial charge is 0.489 e. The van der Waals surface area contributed by atoms with Crippen molar-refractivity contribution in [3.8, 4) is 17.2 Å². The number of carbonyl (C=O) groups excluding carboxylic acids is 4. The number of imide groups is 1. The van der Waals surface area contributed by atoms with Crippen molar-refractivity contribution in [3.05, 3.63) is 97.4 Å². The number of nitrogens with one attached hydrogen (secondary N) is 1. The molecule has 4 aromatic rings. The number of carbonyl (C=O) groups is 4. The lowest BCUT2D eigenvalue weighted by Gasteiger charge is -2.29. The fraction of sp³-hybridized carbons (Fsp3) is 0.405. The van der Waals surface area contributed by atoms with Crippen molar-refractivity contribution in [1.82, 2.24) is 15.2 Å². The second kappa shape index (κ2) is 18.9. The molecule has 1 unspecified atom stereocenters. The maximum absolute atomic E-state index is 14.0. The van der Waals surface area contributed by atoms with E-state index in [4.69, 9.17) is 32.7 Å². The van der Waals surface area contributed by atoms with Gasteiger partial charge >= 0.3 is 6.61 Å². The fourth-order valence-corrected chi connectivity index (χ4v) is 8.64. The number of ether oxygens (including phenoxy) is 3. The van der Waals surface area contributed by atoms with E-state index in [1.807, 2.05) is 29.6 Å². The van der Waals surface area contributed by atoms with Gasteiger partial charge in [0.15, 0.2) is 11.5 Å². The average molecular weight is 856 g/mol. The van der Waals surface area contributed by atoms with Gasteiger partial charge < -0.3 is 24.0 Å². The number of thiophene rings is 1. The van der Waals surface area contributed by atoms with E-state index in [2.05, 4.69) is 15.0 Å². The summed E-state index contributed by atoms with van der Waals surface area (Å²) in [4.78, 5) is 59.0. The van der Waals surface area contributed by atoms with Crippen LogP contribution in [0.2, 0.25) is 10.0 Å². The molecule has 16 heteroatoms. The second-order valence-corrected chi connectivity index (χ2v) is 16.4. The Hall–Kier alpha value is -4.79. The highest BCUT2D eigenvalue weighted by Gasteiger charge is 2.40. The molecular formula is C42H42Cl2F2N4O7S. The van der Waals surface area contributed by atoms with Crippen LogP contribution in [0.3, 0.4) is 0 Å². The van der Waals surface area contributed by atoms with Crippen molar-refractivity contribution in [2.45, 2.75) is 90.0 Å². The van der Waals surface area contributed by atoms with Gasteiger partial charge in [-0.2, -0.15) is 8.78 Å². The van der Waals surface area contributed by atoms with Crippen LogP contribution in [0.15, 0.2) is 60.2 Å². The van der Waals surface area contributed by atoms with E-state index in [0.717, 1.165) is 55.4 Å². The summed E-state index contributed by atoms with van der Waals surface area (Å²) in [5.74, 6) is -0.333. The molecule has 0 bridgehead atoms. The Morgan fingerprint density at radius 3 is 2.41 bits per heavy atom. The third-order valence-electron chi connectivity index (χ3n) is 10.4. The lowest BCUT2D eigenvalue weighted by atomic mass is 10.0. The third kappa shape index (κ3) is 10.1. The quantitative estimate of drug-likeness (QED) is 0.0732. The molecule has 4 amide bonds. The van der Waals surface area contributed by atoms with Crippen LogP contribution in [-0.4, -0.2) is 59.3 Å². The standard InChI is InChI=1S/C42H42Cl2F2N4O7S/c43-31-19-47-20-32(44)38(31)49(40(53)27-11-15-34(57-42(45)46)35(18-27)56-22-26-7-8-26)17-5-3-1-2-4-6-25-9-12-28(13-10-25)55-23-36-29-21-50(41(54)30(29)24-58-36)33-14-16-37(51)48-39(33)52/h9-13,15,18-20,24,26,33,42H,1-8,14,16-17,21-23H2,(H,48,51,52). The van der Waals surface area contributed by atoms with Crippen LogP contribution < -0.4 is 24.4 Å². The minimum Gasteiger partial charge on any atom is -0.489 e. The van der Waals surface area contributed by atoms with Crippen molar-refractivity contribution in [2.75, 3.05) is 18.1 Å². The molecule has 58 heavy (non-hydrogen) atoms. The maximum Gasteiger partial charge on any atom is 0.387 e. The first-order valence-electron chi connectivity index (χ1n) is 19.3. The van der Waals surface area contributed by atoms with E-state index in [1.54, 1.807) is 4.90 Å². The number of piperidine rings is 1. The Kier molecular flexibility index (Phi) is 13.5. The number of aryl methyl sites for hydroxylation is 1. The van der Waals surface area contributed by atoms with Crippen molar-refractivity contribution in [3.63, 3.8) is 0 Å². The lowest BCUT2D eigenvalue weighted by Crippen LogP contribution is -2.52. The van der Waals surface area contributed by atoms with Gasteiger partial charge in [0.25, 0.3) is 11.8 Å². The summed E-state index contributed by atoms with van der Waals surface area (Å²) in [6, 6.07) is 11.5. The van der Waals surface area contributed by atoms with Crippen LogP contribution in [0.4, 0.5) is 14.5 Å². The molecule has 11 nitrogen and oxygen atoms in total. The smallest absolute Gasteiger partial charge is 0.387 e. The lowest BCUT2D eigenvalue weighted by molar-refractivity contribution is -0.136. The molecule has 4 heterocycles. The normalized spacial score (nSPS) is 16.4. The van der Waals surface area contributed by atoms with Crippen molar-refractivity contribution >= 4 is 63.9 Å². The highest BCUT2D eigenvalue weighted by atomic mass is 35.5. The van der Waals surface area contributed by atoms with E-state index >= 15 is 0 Å². The number of fused-ring (bicyclic) bond motifs is 1. The van der Waals surface area contributed by atoms with Crippen LogP contribution in [0.25, 0.3) is 0 Å². The predicted molar refractivity (Wildman–Crippen MR) is 215 cm³/mol. The number of pyridine rings is 1. The molecule has 2 aromatic carbocycles. The number of aromatic nitrogens is 1. The van der Waals surface area contributed by atoms with Gasteiger partial charge in [-0.05, 0) is 80.3 Å². The number of rotatable bonds is 19. The number of halogens is 4. The highest BCUT2D eigenvalue weighted by Crippen LogP contribution is 2.38. The van der Waals surface area contributed by atoms with Gasteiger partial charge in [0, 0.05) is 53.3 Å². The number of hydrogen-bond donors (Lipinski definition) is 1. The van der Waals surface area contributed by atoms with Crippen molar-refractivity contribution in [1.29, 1.82) is 0 Å². The molecule has 2 aliphatic heterocycles. The van der Waals surface area contributed by atoms with E-state index < -0.39 is 24.5 Å². The van der Waals surface area contributed by atoms with Gasteiger partial charge in [0.1, 0.15) is 18.4 Å². The first-order chi connectivity index (χ1) is 28.0. The van der Waals surface area contributed by atoms with Gasteiger partial charge in [-0.25, -0.2) is 0 Å². The third-order valence-corrected chi connectivity index (χ3v) is 12.0. The summed E-state index contributed by atoms with van der Waals surface area (Å²) in [5.41, 5.74) is 3.19. The number of benzene rings is 2. The van der Waals surface area contributed by atoms with Gasteiger partial charge in [0.2, 0.25) is 11.8 Å². The summed E-state index contributed by atoms with van der Waals surface area (Å²) in [6.45, 7) is -1.75. The molecule has 3 aliphatic rings. The zero-order valence-corrected chi connectivity index (χ0v) is 33.9. The van der Waals surface area contributed by atoms with Gasteiger partial charge in [0.05, 0.1) is 27.9 Å².